The van der Waals surface area contributed by atoms with Gasteiger partial charge in [0.05, 0.1) is 11.5 Å². The first-order valence-corrected chi connectivity index (χ1v) is 6.41. The van der Waals surface area contributed by atoms with Gasteiger partial charge in [-0.25, -0.2) is 17.2 Å². The first kappa shape index (κ1) is 12.1. The molecule has 0 radical (unpaired) electrons. The van der Waals surface area contributed by atoms with Gasteiger partial charge < -0.3 is 0 Å². The minimum atomic E-state index is -3.20. The molecule has 84 valence electrons. The second kappa shape index (κ2) is 4.70. The van der Waals surface area contributed by atoms with Gasteiger partial charge in [0.2, 0.25) is 0 Å². The van der Waals surface area contributed by atoms with Gasteiger partial charge in [0.15, 0.2) is 21.5 Å². The molecule has 0 aliphatic rings. The summed E-state index contributed by atoms with van der Waals surface area (Å²) in [5.74, 6) is -2.16. The fraction of sp³-hybridized carbons (Fsp3) is 0.400. The Morgan fingerprint density at radius 2 is 1.87 bits per heavy atom. The fourth-order valence-electron chi connectivity index (χ4n) is 1.27. The Morgan fingerprint density at radius 1 is 1.20 bits per heavy atom. The molecule has 1 rings (SSSR count). The van der Waals surface area contributed by atoms with Crippen LogP contribution in [0, 0.1) is 11.6 Å². The molecule has 0 atom stereocenters. The highest BCUT2D eigenvalue weighted by Crippen LogP contribution is 2.12. The molecule has 5 heteroatoms. The maximum atomic E-state index is 12.8. The standard InChI is InChI=1S/C10H12F2O2S/c1-2-5-15(13,14)7-8-3-4-9(11)10(12)6-8/h3-4,6H,2,5,7H2,1H3. The van der Waals surface area contributed by atoms with Gasteiger partial charge in [-0.3, -0.25) is 0 Å². The number of hydrogen-bond donors (Lipinski definition) is 0. The Kier molecular flexibility index (Phi) is 3.79. The molecule has 0 aromatic heterocycles. The van der Waals surface area contributed by atoms with Gasteiger partial charge in [0.25, 0.3) is 0 Å². The summed E-state index contributed by atoms with van der Waals surface area (Å²) in [5, 5.41) is 0. The number of halogens is 2. The minimum absolute atomic E-state index is 0.0615. The molecule has 0 unspecified atom stereocenters. The van der Waals surface area contributed by atoms with Crippen LogP contribution in [-0.4, -0.2) is 14.2 Å². The summed E-state index contributed by atoms with van der Waals surface area (Å²) in [4.78, 5) is 0. The molecule has 15 heavy (non-hydrogen) atoms. The second-order valence-corrected chi connectivity index (χ2v) is 5.52. The van der Waals surface area contributed by atoms with E-state index in [1.807, 2.05) is 0 Å². The Bertz CT molecular complexity index is 441. The number of sulfone groups is 1. The van der Waals surface area contributed by atoms with Gasteiger partial charge in [0, 0.05) is 0 Å². The molecule has 0 amide bonds. The topological polar surface area (TPSA) is 34.1 Å². The lowest BCUT2D eigenvalue weighted by molar-refractivity contribution is 0.507. The minimum Gasteiger partial charge on any atom is -0.228 e. The molecule has 1 aromatic carbocycles. The molecule has 0 heterocycles. The van der Waals surface area contributed by atoms with Crippen LogP contribution in [0.15, 0.2) is 18.2 Å². The van der Waals surface area contributed by atoms with Crippen LogP contribution in [0.25, 0.3) is 0 Å². The summed E-state index contributed by atoms with van der Waals surface area (Å²) in [5.41, 5.74) is 0.280. The smallest absolute Gasteiger partial charge is 0.159 e. The number of rotatable bonds is 4. The normalized spacial score (nSPS) is 11.7. The van der Waals surface area contributed by atoms with Gasteiger partial charge in [-0.1, -0.05) is 13.0 Å². The van der Waals surface area contributed by atoms with E-state index < -0.39 is 21.5 Å². The molecule has 0 fully saturated rings. The fourth-order valence-corrected chi connectivity index (χ4v) is 2.72. The lowest BCUT2D eigenvalue weighted by Gasteiger charge is -2.03. The third-order valence-corrected chi connectivity index (χ3v) is 3.69. The van der Waals surface area contributed by atoms with Crippen LogP contribution in [0.1, 0.15) is 18.9 Å². The summed E-state index contributed by atoms with van der Waals surface area (Å²) in [7, 11) is -3.20. The van der Waals surface area contributed by atoms with Crippen LogP contribution in [0.5, 0.6) is 0 Å². The Balaban J connectivity index is 2.86. The van der Waals surface area contributed by atoms with Crippen molar-refractivity contribution in [3.05, 3.63) is 35.4 Å². The molecule has 0 saturated carbocycles. The first-order valence-electron chi connectivity index (χ1n) is 4.59. The van der Waals surface area contributed by atoms with Gasteiger partial charge in [-0.2, -0.15) is 0 Å². The van der Waals surface area contributed by atoms with E-state index in [1.165, 1.54) is 6.07 Å². The van der Waals surface area contributed by atoms with E-state index in [-0.39, 0.29) is 17.1 Å². The van der Waals surface area contributed by atoms with E-state index >= 15 is 0 Å². The van der Waals surface area contributed by atoms with E-state index in [2.05, 4.69) is 0 Å². The largest absolute Gasteiger partial charge is 0.228 e. The lowest BCUT2D eigenvalue weighted by atomic mass is 10.2. The van der Waals surface area contributed by atoms with Crippen molar-refractivity contribution in [2.45, 2.75) is 19.1 Å². The van der Waals surface area contributed by atoms with Crippen molar-refractivity contribution in [1.82, 2.24) is 0 Å². The average Bonchev–Trinajstić information content (AvgIpc) is 2.10. The van der Waals surface area contributed by atoms with Gasteiger partial charge >= 0.3 is 0 Å². The molecule has 0 aliphatic heterocycles. The highest BCUT2D eigenvalue weighted by atomic mass is 32.2. The van der Waals surface area contributed by atoms with E-state index in [9.17, 15) is 17.2 Å². The highest BCUT2D eigenvalue weighted by molar-refractivity contribution is 7.90. The number of benzene rings is 1. The summed E-state index contributed by atoms with van der Waals surface area (Å²) in [6, 6.07) is 3.14. The average molecular weight is 234 g/mol. The summed E-state index contributed by atoms with van der Waals surface area (Å²) in [6.07, 6.45) is 0.520. The zero-order chi connectivity index (χ0) is 11.5. The quantitative estimate of drug-likeness (QED) is 0.801. The van der Waals surface area contributed by atoms with Gasteiger partial charge in [-0.15, -0.1) is 0 Å². The SMILES string of the molecule is CCCS(=O)(=O)Cc1ccc(F)c(F)c1. The van der Waals surface area contributed by atoms with Crippen LogP contribution in [-0.2, 0) is 15.6 Å². The molecule has 1 aromatic rings. The molecule has 0 bridgehead atoms. The summed E-state index contributed by atoms with van der Waals surface area (Å²) in [6.45, 7) is 1.75. The van der Waals surface area contributed by atoms with Gasteiger partial charge in [0.1, 0.15) is 0 Å². The Hall–Kier alpha value is -0.970. The zero-order valence-corrected chi connectivity index (χ0v) is 9.15. The van der Waals surface area contributed by atoms with E-state index in [1.54, 1.807) is 6.92 Å². The Morgan fingerprint density at radius 3 is 2.40 bits per heavy atom. The van der Waals surface area contributed by atoms with Crippen LogP contribution >= 0.6 is 0 Å². The molecule has 0 N–H and O–H groups in total. The monoisotopic (exact) mass is 234 g/mol. The molecule has 0 saturated heterocycles. The highest BCUT2D eigenvalue weighted by Gasteiger charge is 2.12. The van der Waals surface area contributed by atoms with Crippen LogP contribution in [0.2, 0.25) is 0 Å². The predicted octanol–water partition coefficient (Wildman–Crippen LogP) is 2.29. The molecular formula is C10H12F2O2S. The van der Waals surface area contributed by atoms with Crippen LogP contribution < -0.4 is 0 Å². The maximum Gasteiger partial charge on any atom is 0.159 e. The summed E-state index contributed by atoms with van der Waals surface area (Å²) >= 11 is 0. The third kappa shape index (κ3) is 3.58. The van der Waals surface area contributed by atoms with Crippen molar-refractivity contribution in [3.63, 3.8) is 0 Å². The van der Waals surface area contributed by atoms with Crippen molar-refractivity contribution in [2.24, 2.45) is 0 Å². The second-order valence-electron chi connectivity index (χ2n) is 3.34. The van der Waals surface area contributed by atoms with Crippen molar-refractivity contribution in [2.75, 3.05) is 5.75 Å². The maximum absolute atomic E-state index is 12.8. The summed E-state index contributed by atoms with van der Waals surface area (Å²) < 4.78 is 48.1. The van der Waals surface area contributed by atoms with E-state index in [4.69, 9.17) is 0 Å². The predicted molar refractivity (Wildman–Crippen MR) is 54.1 cm³/mol. The van der Waals surface area contributed by atoms with Crippen molar-refractivity contribution < 1.29 is 17.2 Å². The lowest BCUT2D eigenvalue weighted by Crippen LogP contribution is -2.08. The van der Waals surface area contributed by atoms with E-state index in [0.29, 0.717) is 6.42 Å². The first-order chi connectivity index (χ1) is 6.94. The van der Waals surface area contributed by atoms with Crippen molar-refractivity contribution in [1.29, 1.82) is 0 Å². The molecular weight excluding hydrogens is 222 g/mol. The third-order valence-electron chi connectivity index (χ3n) is 1.89. The van der Waals surface area contributed by atoms with Crippen molar-refractivity contribution in [3.8, 4) is 0 Å². The zero-order valence-electron chi connectivity index (χ0n) is 8.33. The van der Waals surface area contributed by atoms with Crippen molar-refractivity contribution >= 4 is 9.84 Å². The Labute approximate surface area is 87.8 Å². The van der Waals surface area contributed by atoms with Gasteiger partial charge in [-0.05, 0) is 24.1 Å². The number of hydrogen-bond acceptors (Lipinski definition) is 2. The van der Waals surface area contributed by atoms with Crippen LogP contribution in [0.4, 0.5) is 8.78 Å². The van der Waals surface area contributed by atoms with E-state index in [0.717, 1.165) is 12.1 Å². The van der Waals surface area contributed by atoms with Crippen LogP contribution in [0.3, 0.4) is 0 Å². The molecule has 2 nitrogen and oxygen atoms in total. The molecule has 0 spiro atoms. The molecule has 0 aliphatic carbocycles.